The third-order valence-corrected chi connectivity index (χ3v) is 4.57. The SMILES string of the molecule is C[C@@](Cc1ccccc1)(c1ccccc1)[C@H](O)c1ccccc1. The van der Waals surface area contributed by atoms with E-state index in [4.69, 9.17) is 0 Å². The molecule has 0 spiro atoms. The van der Waals surface area contributed by atoms with Crippen LogP contribution in [-0.4, -0.2) is 5.11 Å². The van der Waals surface area contributed by atoms with Crippen LogP contribution in [0.3, 0.4) is 0 Å². The Morgan fingerprint density at radius 1 is 0.739 bits per heavy atom. The molecule has 116 valence electrons. The normalized spacial score (nSPS) is 14.9. The lowest BCUT2D eigenvalue weighted by Crippen LogP contribution is -2.33. The van der Waals surface area contributed by atoms with Crippen molar-refractivity contribution in [1.82, 2.24) is 0 Å². The predicted octanol–water partition coefficient (Wildman–Crippen LogP) is 4.92. The van der Waals surface area contributed by atoms with Crippen LogP contribution in [0.25, 0.3) is 0 Å². The third-order valence-electron chi connectivity index (χ3n) is 4.57. The van der Waals surface area contributed by atoms with E-state index in [0.29, 0.717) is 0 Å². The Bertz CT molecular complexity index is 722. The van der Waals surface area contributed by atoms with E-state index in [-0.39, 0.29) is 5.41 Å². The van der Waals surface area contributed by atoms with Crippen molar-refractivity contribution in [2.75, 3.05) is 0 Å². The van der Waals surface area contributed by atoms with Crippen molar-refractivity contribution in [2.45, 2.75) is 24.9 Å². The minimum absolute atomic E-state index is 0.385. The average Bonchev–Trinajstić information content (AvgIpc) is 2.63. The van der Waals surface area contributed by atoms with Crippen molar-refractivity contribution in [1.29, 1.82) is 0 Å². The maximum absolute atomic E-state index is 11.2. The number of aliphatic hydroxyl groups is 1. The first-order valence-electron chi connectivity index (χ1n) is 8.02. The summed E-state index contributed by atoms with van der Waals surface area (Å²) in [6.07, 6.45) is 0.222. The number of aliphatic hydroxyl groups excluding tert-OH is 1. The summed E-state index contributed by atoms with van der Waals surface area (Å²) >= 11 is 0. The smallest absolute Gasteiger partial charge is 0.0887 e. The van der Waals surface area contributed by atoms with Gasteiger partial charge in [-0.25, -0.2) is 0 Å². The van der Waals surface area contributed by atoms with Gasteiger partial charge in [0.25, 0.3) is 0 Å². The van der Waals surface area contributed by atoms with Crippen LogP contribution < -0.4 is 0 Å². The lowest BCUT2D eigenvalue weighted by molar-refractivity contribution is 0.0893. The van der Waals surface area contributed by atoms with Crippen molar-refractivity contribution in [2.24, 2.45) is 0 Å². The molecular formula is C22H22O. The Morgan fingerprint density at radius 3 is 1.78 bits per heavy atom. The van der Waals surface area contributed by atoms with Crippen LogP contribution in [0.15, 0.2) is 91.0 Å². The molecular weight excluding hydrogens is 280 g/mol. The van der Waals surface area contributed by atoms with Gasteiger partial charge >= 0.3 is 0 Å². The zero-order chi connectivity index (χ0) is 16.1. The van der Waals surface area contributed by atoms with Gasteiger partial charge in [-0.3, -0.25) is 0 Å². The fraction of sp³-hybridized carbons (Fsp3) is 0.182. The molecule has 0 bridgehead atoms. The highest BCUT2D eigenvalue weighted by atomic mass is 16.3. The Morgan fingerprint density at radius 2 is 1.22 bits per heavy atom. The van der Waals surface area contributed by atoms with Gasteiger partial charge in [-0.2, -0.15) is 0 Å². The quantitative estimate of drug-likeness (QED) is 0.709. The van der Waals surface area contributed by atoms with Gasteiger partial charge in [0, 0.05) is 5.41 Å². The van der Waals surface area contributed by atoms with Crippen LogP contribution in [0.4, 0.5) is 0 Å². The summed E-state index contributed by atoms with van der Waals surface area (Å²) in [5, 5.41) is 11.2. The van der Waals surface area contributed by atoms with Gasteiger partial charge < -0.3 is 5.11 Å². The molecule has 0 unspecified atom stereocenters. The third kappa shape index (κ3) is 3.35. The highest BCUT2D eigenvalue weighted by Gasteiger charge is 2.35. The summed E-state index contributed by atoms with van der Waals surface area (Å²) in [6.45, 7) is 2.15. The summed E-state index contributed by atoms with van der Waals surface area (Å²) < 4.78 is 0. The minimum atomic E-state index is -0.564. The van der Waals surface area contributed by atoms with E-state index in [1.54, 1.807) is 0 Å². The van der Waals surface area contributed by atoms with Crippen molar-refractivity contribution in [3.05, 3.63) is 108 Å². The summed E-state index contributed by atoms with van der Waals surface area (Å²) in [7, 11) is 0. The van der Waals surface area contributed by atoms with E-state index in [2.05, 4.69) is 43.3 Å². The lowest BCUT2D eigenvalue weighted by atomic mass is 9.71. The van der Waals surface area contributed by atoms with Crippen molar-refractivity contribution in [3.63, 3.8) is 0 Å². The lowest BCUT2D eigenvalue weighted by Gasteiger charge is -2.36. The molecule has 0 saturated carbocycles. The zero-order valence-electron chi connectivity index (χ0n) is 13.4. The Labute approximate surface area is 138 Å². The highest BCUT2D eigenvalue weighted by Crippen LogP contribution is 2.40. The van der Waals surface area contributed by atoms with Crippen LogP contribution in [0.2, 0.25) is 0 Å². The fourth-order valence-electron chi connectivity index (χ4n) is 3.20. The van der Waals surface area contributed by atoms with Gasteiger partial charge in [0.05, 0.1) is 6.10 Å². The molecule has 1 heteroatoms. The Hall–Kier alpha value is -2.38. The topological polar surface area (TPSA) is 20.2 Å². The molecule has 3 aromatic rings. The molecule has 1 nitrogen and oxygen atoms in total. The number of hydrogen-bond donors (Lipinski definition) is 1. The molecule has 2 atom stereocenters. The summed E-state index contributed by atoms with van der Waals surface area (Å²) in [4.78, 5) is 0. The molecule has 0 aromatic heterocycles. The number of hydrogen-bond acceptors (Lipinski definition) is 1. The molecule has 0 fully saturated rings. The van der Waals surface area contributed by atoms with Crippen LogP contribution in [0.1, 0.15) is 29.7 Å². The second kappa shape index (κ2) is 6.80. The molecule has 0 amide bonds. The van der Waals surface area contributed by atoms with Gasteiger partial charge in [-0.05, 0) is 23.1 Å². The van der Waals surface area contributed by atoms with E-state index in [0.717, 1.165) is 17.5 Å². The highest BCUT2D eigenvalue weighted by molar-refractivity contribution is 5.34. The predicted molar refractivity (Wildman–Crippen MR) is 95.3 cm³/mol. The standard InChI is InChI=1S/C22H22O/c1-22(20-15-9-4-10-16-20,17-18-11-5-2-6-12-18)21(23)19-13-7-3-8-14-19/h2-16,21,23H,17H2,1H3/t21-,22-/m1/s1. The Kier molecular flexibility index (Phi) is 4.59. The monoisotopic (exact) mass is 302 g/mol. The number of rotatable bonds is 5. The van der Waals surface area contributed by atoms with E-state index < -0.39 is 6.10 Å². The molecule has 0 aliphatic carbocycles. The van der Waals surface area contributed by atoms with Crippen molar-refractivity contribution in [3.8, 4) is 0 Å². The van der Waals surface area contributed by atoms with Gasteiger partial charge in [0.1, 0.15) is 0 Å². The second-order valence-electron chi connectivity index (χ2n) is 6.26. The summed E-state index contributed by atoms with van der Waals surface area (Å²) in [5.74, 6) is 0. The van der Waals surface area contributed by atoms with E-state index in [9.17, 15) is 5.11 Å². The van der Waals surface area contributed by atoms with Crippen molar-refractivity contribution < 1.29 is 5.11 Å². The van der Waals surface area contributed by atoms with Gasteiger partial charge in [0.2, 0.25) is 0 Å². The van der Waals surface area contributed by atoms with E-state index in [1.165, 1.54) is 5.56 Å². The number of benzene rings is 3. The van der Waals surface area contributed by atoms with Gasteiger partial charge in [-0.1, -0.05) is 97.9 Å². The first-order chi connectivity index (χ1) is 11.2. The summed E-state index contributed by atoms with van der Waals surface area (Å²) in [5.41, 5.74) is 2.95. The fourth-order valence-corrected chi connectivity index (χ4v) is 3.20. The van der Waals surface area contributed by atoms with Crippen LogP contribution >= 0.6 is 0 Å². The first kappa shape index (κ1) is 15.5. The molecule has 3 rings (SSSR count). The zero-order valence-corrected chi connectivity index (χ0v) is 13.4. The van der Waals surface area contributed by atoms with Gasteiger partial charge in [-0.15, -0.1) is 0 Å². The molecule has 0 radical (unpaired) electrons. The maximum atomic E-state index is 11.2. The van der Waals surface area contributed by atoms with Gasteiger partial charge in [0.15, 0.2) is 0 Å². The molecule has 23 heavy (non-hydrogen) atoms. The van der Waals surface area contributed by atoms with Crippen LogP contribution in [0.5, 0.6) is 0 Å². The minimum Gasteiger partial charge on any atom is -0.387 e. The largest absolute Gasteiger partial charge is 0.387 e. The van der Waals surface area contributed by atoms with E-state index in [1.807, 2.05) is 54.6 Å². The molecule has 0 heterocycles. The maximum Gasteiger partial charge on any atom is 0.0887 e. The summed E-state index contributed by atoms with van der Waals surface area (Å²) in [6, 6.07) is 30.6. The van der Waals surface area contributed by atoms with Crippen molar-refractivity contribution >= 4 is 0 Å². The first-order valence-corrected chi connectivity index (χ1v) is 8.02. The molecule has 0 aliphatic heterocycles. The Balaban J connectivity index is 2.03. The van der Waals surface area contributed by atoms with E-state index >= 15 is 0 Å². The average molecular weight is 302 g/mol. The molecule has 0 aliphatic rings. The van der Waals surface area contributed by atoms with Crippen LogP contribution in [-0.2, 0) is 11.8 Å². The molecule has 0 saturated heterocycles. The molecule has 1 N–H and O–H groups in total. The molecule has 3 aromatic carbocycles. The van der Waals surface area contributed by atoms with Crippen LogP contribution in [0, 0.1) is 0 Å². The second-order valence-corrected chi connectivity index (χ2v) is 6.26.